The van der Waals surface area contributed by atoms with Crippen LogP contribution in [0.5, 0.6) is 0 Å². The molecule has 1 aromatic carbocycles. The first-order valence-electron chi connectivity index (χ1n) is 9.47. The summed E-state index contributed by atoms with van der Waals surface area (Å²) in [6.45, 7) is -0.407. The molecule has 1 saturated heterocycles. The van der Waals surface area contributed by atoms with Gasteiger partial charge in [0.1, 0.15) is 24.1 Å². The Morgan fingerprint density at radius 1 is 1.27 bits per heavy atom. The van der Waals surface area contributed by atoms with Crippen LogP contribution >= 0.6 is 0 Å². The Balaban J connectivity index is 1.51. The average Bonchev–Trinajstić information content (AvgIpc) is 3.31. The number of imidazole rings is 1. The number of aromatic nitrogens is 4. The number of aliphatic hydroxyl groups is 2. The number of nitrogens with two attached hydrogens (primary N) is 2. The molecule has 0 unspecified atom stereocenters. The Hall–Kier alpha value is -3.12. The fourth-order valence-corrected chi connectivity index (χ4v) is 3.59. The molecule has 11 heteroatoms. The number of nitrogens with zero attached hydrogens (tertiary/aromatic N) is 4. The van der Waals surface area contributed by atoms with Crippen molar-refractivity contribution in [3.05, 3.63) is 48.5 Å². The Bertz CT molecular complexity index is 1030. The van der Waals surface area contributed by atoms with E-state index in [2.05, 4.69) is 20.3 Å². The number of carbonyl (C=O) groups excluding carboxylic acids is 1. The number of aliphatic hydroxyl groups excluding tert-OH is 2. The number of amides is 1. The summed E-state index contributed by atoms with van der Waals surface area (Å²) in [5, 5.41) is 23.3. The number of anilines is 1. The second kappa shape index (κ2) is 8.32. The molecule has 4 rings (SSSR count). The van der Waals surface area contributed by atoms with Gasteiger partial charge in [0.25, 0.3) is 0 Å². The van der Waals surface area contributed by atoms with E-state index in [0.29, 0.717) is 17.6 Å². The lowest BCUT2D eigenvalue weighted by molar-refractivity contribution is -0.124. The molecule has 0 saturated carbocycles. The highest BCUT2D eigenvalue weighted by Crippen LogP contribution is 2.32. The summed E-state index contributed by atoms with van der Waals surface area (Å²) in [6, 6.07) is 7.69. The Morgan fingerprint density at radius 2 is 2.03 bits per heavy atom. The SMILES string of the molecule is Nc1ncnc2c1ncn2[C@@H]1O[C@H](CO)[C@@H](NC(=O)[C@@H](N)Cc2ccccc2)[C@@H]1O. The van der Waals surface area contributed by atoms with Crippen molar-refractivity contribution in [3.63, 3.8) is 0 Å². The van der Waals surface area contributed by atoms with Crippen LogP contribution in [0.25, 0.3) is 11.2 Å². The first kappa shape index (κ1) is 20.2. The fraction of sp³-hybridized carbons (Fsp3) is 0.368. The molecule has 1 aliphatic heterocycles. The Kier molecular flexibility index (Phi) is 5.59. The van der Waals surface area contributed by atoms with E-state index in [1.807, 2.05) is 30.3 Å². The second-order valence-corrected chi connectivity index (χ2v) is 7.15. The molecule has 0 bridgehead atoms. The minimum absolute atomic E-state index is 0.196. The second-order valence-electron chi connectivity index (χ2n) is 7.15. The van der Waals surface area contributed by atoms with Gasteiger partial charge in [0.15, 0.2) is 17.7 Å². The normalized spacial score (nSPS) is 24.8. The number of benzene rings is 1. The van der Waals surface area contributed by atoms with Crippen molar-refractivity contribution in [1.29, 1.82) is 0 Å². The molecule has 1 aliphatic rings. The molecule has 1 amide bonds. The predicted molar refractivity (Wildman–Crippen MR) is 107 cm³/mol. The number of nitrogens with one attached hydrogen (secondary N) is 1. The molecule has 11 nitrogen and oxygen atoms in total. The molecule has 0 spiro atoms. The molecule has 3 aromatic rings. The molecular weight excluding hydrogens is 390 g/mol. The van der Waals surface area contributed by atoms with Gasteiger partial charge in [-0.2, -0.15) is 0 Å². The quantitative estimate of drug-likeness (QED) is 0.329. The maximum absolute atomic E-state index is 12.6. The predicted octanol–water partition coefficient (Wildman–Crippen LogP) is -1.29. The van der Waals surface area contributed by atoms with Gasteiger partial charge in [0.05, 0.1) is 25.0 Å². The van der Waals surface area contributed by atoms with Crippen molar-refractivity contribution in [2.75, 3.05) is 12.3 Å². The van der Waals surface area contributed by atoms with Gasteiger partial charge in [-0.05, 0) is 12.0 Å². The number of carbonyl (C=O) groups is 1. The Labute approximate surface area is 171 Å². The topological polar surface area (TPSA) is 174 Å². The van der Waals surface area contributed by atoms with Crippen LogP contribution < -0.4 is 16.8 Å². The van der Waals surface area contributed by atoms with Gasteiger partial charge in [0.2, 0.25) is 5.91 Å². The van der Waals surface area contributed by atoms with Crippen LogP contribution in [-0.4, -0.2) is 66.5 Å². The van der Waals surface area contributed by atoms with Crippen LogP contribution in [-0.2, 0) is 16.0 Å². The van der Waals surface area contributed by atoms with Crippen LogP contribution in [0.2, 0.25) is 0 Å². The molecule has 30 heavy (non-hydrogen) atoms. The van der Waals surface area contributed by atoms with E-state index in [4.69, 9.17) is 16.2 Å². The number of hydrogen-bond donors (Lipinski definition) is 5. The van der Waals surface area contributed by atoms with Crippen LogP contribution in [0.1, 0.15) is 11.8 Å². The first-order chi connectivity index (χ1) is 14.5. The third-order valence-electron chi connectivity index (χ3n) is 5.16. The summed E-state index contributed by atoms with van der Waals surface area (Å²) in [7, 11) is 0. The van der Waals surface area contributed by atoms with Gasteiger partial charge in [-0.15, -0.1) is 0 Å². The largest absolute Gasteiger partial charge is 0.394 e. The van der Waals surface area contributed by atoms with E-state index in [1.165, 1.54) is 17.2 Å². The summed E-state index contributed by atoms with van der Waals surface area (Å²) in [6.07, 6.45) is 0.0907. The van der Waals surface area contributed by atoms with Gasteiger partial charge in [0, 0.05) is 0 Å². The zero-order valence-corrected chi connectivity index (χ0v) is 16.0. The lowest BCUT2D eigenvalue weighted by atomic mass is 10.0. The van der Waals surface area contributed by atoms with E-state index >= 15 is 0 Å². The lowest BCUT2D eigenvalue weighted by Gasteiger charge is -2.22. The van der Waals surface area contributed by atoms with Crippen molar-refractivity contribution in [1.82, 2.24) is 24.8 Å². The van der Waals surface area contributed by atoms with Gasteiger partial charge in [-0.1, -0.05) is 30.3 Å². The number of nitrogen functional groups attached to an aromatic ring is 1. The zero-order valence-electron chi connectivity index (χ0n) is 16.0. The summed E-state index contributed by atoms with van der Waals surface area (Å²) in [5.74, 6) is -0.255. The molecule has 7 N–H and O–H groups in total. The molecule has 158 valence electrons. The van der Waals surface area contributed by atoms with Gasteiger partial charge in [-0.3, -0.25) is 9.36 Å². The van der Waals surface area contributed by atoms with Crippen molar-refractivity contribution < 1.29 is 19.7 Å². The molecule has 0 radical (unpaired) electrons. The minimum atomic E-state index is -1.18. The molecule has 0 aliphatic carbocycles. The van der Waals surface area contributed by atoms with Crippen LogP contribution in [0.15, 0.2) is 43.0 Å². The molecular formula is C19H23N7O4. The number of ether oxygens (including phenoxy) is 1. The summed E-state index contributed by atoms with van der Waals surface area (Å²) in [4.78, 5) is 24.8. The summed E-state index contributed by atoms with van der Waals surface area (Å²) >= 11 is 0. The van der Waals surface area contributed by atoms with E-state index in [9.17, 15) is 15.0 Å². The van der Waals surface area contributed by atoms with Crippen LogP contribution in [0.4, 0.5) is 5.82 Å². The number of rotatable bonds is 6. The highest BCUT2D eigenvalue weighted by molar-refractivity contribution is 5.82. The van der Waals surface area contributed by atoms with Crippen LogP contribution in [0, 0.1) is 0 Å². The monoisotopic (exact) mass is 413 g/mol. The lowest BCUT2D eigenvalue weighted by Crippen LogP contribution is -2.53. The third kappa shape index (κ3) is 3.71. The van der Waals surface area contributed by atoms with E-state index < -0.39 is 43.0 Å². The maximum atomic E-state index is 12.6. The molecule has 5 atom stereocenters. The third-order valence-corrected chi connectivity index (χ3v) is 5.16. The summed E-state index contributed by atoms with van der Waals surface area (Å²) in [5.41, 5.74) is 13.5. The number of fused-ring (bicyclic) bond motifs is 1. The highest BCUT2D eigenvalue weighted by atomic mass is 16.5. The van der Waals surface area contributed by atoms with Gasteiger partial charge in [-0.25, -0.2) is 15.0 Å². The fourth-order valence-electron chi connectivity index (χ4n) is 3.59. The Morgan fingerprint density at radius 3 is 2.77 bits per heavy atom. The molecule has 3 heterocycles. The standard InChI is InChI=1S/C19H23N7O4/c20-11(6-10-4-2-1-3-5-10)18(29)25-13-12(7-27)30-19(15(13)28)26-9-24-14-16(21)22-8-23-17(14)26/h1-5,8-9,11-13,15,19,27-28H,6-7,20H2,(H,25,29)(H2,21,22,23)/t11-,12+,13+,15-,19+/m0/s1. The van der Waals surface area contributed by atoms with Crippen molar-refractivity contribution >= 4 is 22.9 Å². The van der Waals surface area contributed by atoms with Crippen molar-refractivity contribution in [3.8, 4) is 0 Å². The number of hydrogen-bond acceptors (Lipinski definition) is 9. The van der Waals surface area contributed by atoms with Crippen molar-refractivity contribution in [2.24, 2.45) is 5.73 Å². The van der Waals surface area contributed by atoms with Gasteiger partial charge < -0.3 is 31.7 Å². The van der Waals surface area contributed by atoms with E-state index in [0.717, 1.165) is 5.56 Å². The van der Waals surface area contributed by atoms with E-state index in [1.54, 1.807) is 0 Å². The van der Waals surface area contributed by atoms with Crippen LogP contribution in [0.3, 0.4) is 0 Å². The average molecular weight is 413 g/mol. The van der Waals surface area contributed by atoms with E-state index in [-0.39, 0.29) is 5.82 Å². The smallest absolute Gasteiger partial charge is 0.237 e. The highest BCUT2D eigenvalue weighted by Gasteiger charge is 2.46. The zero-order chi connectivity index (χ0) is 21.3. The molecule has 2 aromatic heterocycles. The van der Waals surface area contributed by atoms with Crippen molar-refractivity contribution in [2.45, 2.75) is 36.9 Å². The minimum Gasteiger partial charge on any atom is -0.394 e. The summed E-state index contributed by atoms with van der Waals surface area (Å²) < 4.78 is 7.29. The maximum Gasteiger partial charge on any atom is 0.237 e. The molecule has 1 fully saturated rings. The van der Waals surface area contributed by atoms with Gasteiger partial charge >= 0.3 is 0 Å². The first-order valence-corrected chi connectivity index (χ1v) is 9.47.